The second-order valence-corrected chi connectivity index (χ2v) is 11.1. The lowest BCUT2D eigenvalue weighted by Crippen LogP contribution is -2.71. The zero-order valence-corrected chi connectivity index (χ0v) is 21.3. The smallest absolute Gasteiger partial charge is 0.390 e. The molecule has 38 heavy (non-hydrogen) atoms. The molecule has 0 atom stereocenters. The summed E-state index contributed by atoms with van der Waals surface area (Å²) in [7, 11) is -4.14. The highest BCUT2D eigenvalue weighted by Crippen LogP contribution is 2.30. The minimum atomic E-state index is -4.35. The summed E-state index contributed by atoms with van der Waals surface area (Å²) in [6.45, 7) is 1.57. The Morgan fingerprint density at radius 2 is 1.84 bits per heavy atom. The molecule has 0 unspecified atom stereocenters. The highest BCUT2D eigenvalue weighted by atomic mass is 32.2. The van der Waals surface area contributed by atoms with Gasteiger partial charge in [-0.1, -0.05) is 18.2 Å². The molecule has 2 aromatic carbocycles. The number of carbonyl (C=O) groups is 1. The van der Waals surface area contributed by atoms with Crippen molar-refractivity contribution in [2.45, 2.75) is 43.0 Å². The molecule has 1 aliphatic heterocycles. The van der Waals surface area contributed by atoms with Crippen LogP contribution in [-0.4, -0.2) is 60.8 Å². The van der Waals surface area contributed by atoms with Crippen LogP contribution in [0, 0.1) is 6.92 Å². The van der Waals surface area contributed by atoms with Crippen molar-refractivity contribution in [3.63, 3.8) is 0 Å². The van der Waals surface area contributed by atoms with E-state index in [9.17, 15) is 26.4 Å². The summed E-state index contributed by atoms with van der Waals surface area (Å²) >= 11 is 0. The molecule has 1 fully saturated rings. The van der Waals surface area contributed by atoms with E-state index >= 15 is 0 Å². The van der Waals surface area contributed by atoms with Crippen LogP contribution in [0.2, 0.25) is 0 Å². The predicted octanol–water partition coefficient (Wildman–Crippen LogP) is 3.30. The first-order valence-corrected chi connectivity index (χ1v) is 13.2. The molecule has 0 aliphatic carbocycles. The lowest BCUT2D eigenvalue weighted by Gasteiger charge is -2.50. The average Bonchev–Trinajstić information content (AvgIpc) is 2.83. The molecular formula is C25H27F3N4O5S. The number of hydrogen-bond donors (Lipinski definition) is 3. The van der Waals surface area contributed by atoms with Gasteiger partial charge in [-0.3, -0.25) is 19.9 Å². The van der Waals surface area contributed by atoms with Gasteiger partial charge in [0.25, 0.3) is 0 Å². The molecule has 1 aliphatic rings. The average molecular weight is 553 g/mol. The van der Waals surface area contributed by atoms with Crippen LogP contribution < -0.4 is 14.9 Å². The van der Waals surface area contributed by atoms with Crippen LogP contribution in [0.4, 0.5) is 13.2 Å². The van der Waals surface area contributed by atoms with Gasteiger partial charge in [0.2, 0.25) is 15.9 Å². The number of fused-ring (bicyclic) bond motifs is 1. The van der Waals surface area contributed by atoms with E-state index in [4.69, 9.17) is 9.94 Å². The molecule has 0 saturated carbocycles. The molecule has 0 bridgehead atoms. The lowest BCUT2D eigenvalue weighted by atomic mass is 9.87. The van der Waals surface area contributed by atoms with Crippen molar-refractivity contribution < 1.29 is 36.3 Å². The summed E-state index contributed by atoms with van der Waals surface area (Å²) in [5, 5.41) is 9.84. The minimum absolute atomic E-state index is 0.104. The third kappa shape index (κ3) is 6.78. The first-order chi connectivity index (χ1) is 17.9. The molecule has 1 saturated heterocycles. The second-order valence-electron chi connectivity index (χ2n) is 9.37. The summed E-state index contributed by atoms with van der Waals surface area (Å²) in [6.07, 6.45) is -5.85. The van der Waals surface area contributed by atoms with Crippen LogP contribution in [0.1, 0.15) is 24.1 Å². The zero-order valence-electron chi connectivity index (χ0n) is 20.5. The summed E-state index contributed by atoms with van der Waals surface area (Å²) < 4.78 is 72.1. The monoisotopic (exact) mass is 552 g/mol. The van der Waals surface area contributed by atoms with Crippen molar-refractivity contribution in [1.82, 2.24) is 20.1 Å². The van der Waals surface area contributed by atoms with Crippen LogP contribution in [0.3, 0.4) is 0 Å². The van der Waals surface area contributed by atoms with E-state index in [2.05, 4.69) is 9.71 Å². The van der Waals surface area contributed by atoms with E-state index in [-0.39, 0.29) is 31.1 Å². The molecule has 9 nitrogen and oxygen atoms in total. The summed E-state index contributed by atoms with van der Waals surface area (Å²) in [5.74, 6) is -0.426. The molecule has 13 heteroatoms. The number of hydroxylamine groups is 1. The van der Waals surface area contributed by atoms with Crippen LogP contribution in [-0.2, 0) is 21.4 Å². The van der Waals surface area contributed by atoms with Crippen molar-refractivity contribution in [3.05, 3.63) is 65.9 Å². The normalized spacial score (nSPS) is 15.7. The van der Waals surface area contributed by atoms with Gasteiger partial charge in [-0.25, -0.2) is 18.6 Å². The number of nitrogens with zero attached hydrogens (tertiary/aromatic N) is 2. The number of likely N-dealkylation sites (tertiary alicyclic amines) is 1. The molecule has 204 valence electrons. The van der Waals surface area contributed by atoms with Crippen molar-refractivity contribution in [1.29, 1.82) is 0 Å². The predicted molar refractivity (Wildman–Crippen MR) is 132 cm³/mol. The van der Waals surface area contributed by atoms with Gasteiger partial charge in [-0.15, -0.1) is 0 Å². The number of alkyl halides is 3. The van der Waals surface area contributed by atoms with E-state index in [0.29, 0.717) is 5.75 Å². The maximum atomic E-state index is 13.1. The molecule has 0 radical (unpaired) electrons. The zero-order chi connectivity index (χ0) is 27.6. The Hall–Kier alpha value is -3.26. The van der Waals surface area contributed by atoms with Gasteiger partial charge >= 0.3 is 6.18 Å². The fourth-order valence-electron chi connectivity index (χ4n) is 4.55. The molecule has 3 aromatic rings. The highest BCUT2D eigenvalue weighted by Gasteiger charge is 2.48. The molecule has 3 N–H and O–H groups in total. The number of sulfonamides is 1. The molecule has 2 heterocycles. The topological polar surface area (TPSA) is 121 Å². The van der Waals surface area contributed by atoms with Crippen molar-refractivity contribution >= 4 is 26.8 Å². The van der Waals surface area contributed by atoms with Gasteiger partial charge in [0.1, 0.15) is 12.4 Å². The number of para-hydroxylation sites is 1. The first kappa shape index (κ1) is 27.8. The number of aryl methyl sites for hydroxylation is 1. The maximum Gasteiger partial charge on any atom is 0.390 e. The number of rotatable bonds is 10. The van der Waals surface area contributed by atoms with Gasteiger partial charge in [-0.05, 0) is 43.3 Å². The largest absolute Gasteiger partial charge is 0.489 e. The van der Waals surface area contributed by atoms with Gasteiger partial charge in [0.05, 0.1) is 28.8 Å². The van der Waals surface area contributed by atoms with Crippen LogP contribution in [0.25, 0.3) is 10.9 Å². The number of carbonyl (C=O) groups excluding carboxylic acids is 1. The molecule has 0 spiro atoms. The summed E-state index contributed by atoms with van der Waals surface area (Å²) in [4.78, 5) is 17.6. The minimum Gasteiger partial charge on any atom is -0.489 e. The summed E-state index contributed by atoms with van der Waals surface area (Å²) in [6, 6.07) is 15.3. The molecule has 4 rings (SSSR count). The number of pyridine rings is 1. The standard InChI is InChI=1S/C25H27F3N4O5S/c1-17-12-18(21-4-2-3-5-22(21)29-17)14-37-19-6-8-20(9-7-19)38(35,36)31-24(13-23(33)30-34)15-32(16-24)11-10-25(26,27)28/h2-9,12,31,34H,10-11,13-16H2,1H3,(H,30,33). The van der Waals surface area contributed by atoms with E-state index in [0.717, 1.165) is 22.2 Å². The Kier molecular flexibility index (Phi) is 7.93. The fourth-order valence-corrected chi connectivity index (χ4v) is 5.93. The molecule has 1 aromatic heterocycles. The second kappa shape index (κ2) is 10.8. The van der Waals surface area contributed by atoms with Gasteiger partial charge in [0, 0.05) is 36.3 Å². The Bertz CT molecular complexity index is 1410. The van der Waals surface area contributed by atoms with Crippen molar-refractivity contribution in [3.8, 4) is 5.75 Å². The quantitative estimate of drug-likeness (QED) is 0.261. The SMILES string of the molecule is Cc1cc(COc2ccc(S(=O)(=O)NC3(CC(=O)NO)CN(CCC(F)(F)F)C3)cc2)c2ccccc2n1. The van der Waals surface area contributed by atoms with E-state index < -0.39 is 40.5 Å². The number of ether oxygens (including phenoxy) is 1. The van der Waals surface area contributed by atoms with Crippen molar-refractivity contribution in [2.75, 3.05) is 19.6 Å². The van der Waals surface area contributed by atoms with Crippen LogP contribution in [0.5, 0.6) is 5.75 Å². The van der Waals surface area contributed by atoms with E-state index in [1.54, 1.807) is 0 Å². The number of nitrogens with one attached hydrogen (secondary N) is 2. The van der Waals surface area contributed by atoms with Gasteiger partial charge in [0.15, 0.2) is 0 Å². The Morgan fingerprint density at radius 1 is 1.16 bits per heavy atom. The number of amides is 1. The van der Waals surface area contributed by atoms with Crippen molar-refractivity contribution in [2.24, 2.45) is 0 Å². The number of benzene rings is 2. The Labute approximate surface area is 217 Å². The maximum absolute atomic E-state index is 13.1. The fraction of sp³-hybridized carbons (Fsp3) is 0.360. The van der Waals surface area contributed by atoms with Crippen LogP contribution >= 0.6 is 0 Å². The Morgan fingerprint density at radius 3 is 2.50 bits per heavy atom. The van der Waals surface area contributed by atoms with Crippen LogP contribution in [0.15, 0.2) is 59.5 Å². The Balaban J connectivity index is 1.43. The van der Waals surface area contributed by atoms with E-state index in [1.807, 2.05) is 37.3 Å². The van der Waals surface area contributed by atoms with Gasteiger partial charge in [-0.2, -0.15) is 13.2 Å². The summed E-state index contributed by atoms with van der Waals surface area (Å²) in [5.41, 5.74) is 2.70. The molecule has 1 amide bonds. The number of aromatic nitrogens is 1. The first-order valence-electron chi connectivity index (χ1n) is 11.7. The van der Waals surface area contributed by atoms with E-state index in [1.165, 1.54) is 34.6 Å². The molecular weight excluding hydrogens is 525 g/mol. The van der Waals surface area contributed by atoms with Gasteiger partial charge < -0.3 is 4.74 Å². The number of halogens is 3. The lowest BCUT2D eigenvalue weighted by molar-refractivity contribution is -0.144. The highest BCUT2D eigenvalue weighted by molar-refractivity contribution is 7.89. The number of hydrogen-bond acceptors (Lipinski definition) is 7. The third-order valence-electron chi connectivity index (χ3n) is 6.20. The third-order valence-corrected chi connectivity index (χ3v) is 7.79.